The summed E-state index contributed by atoms with van der Waals surface area (Å²) in [6.45, 7) is 4.90. The Labute approximate surface area is 220 Å². The van der Waals surface area contributed by atoms with Crippen LogP contribution in [0.3, 0.4) is 0 Å². The molecule has 192 valence electrons. The lowest BCUT2D eigenvalue weighted by Crippen LogP contribution is -2.30. The normalized spacial score (nSPS) is 11.6. The molecule has 0 spiro atoms. The standard InChI is InChI=1S/C26H27N5O4S2/c1-3-29(4-2)37(34,35)24-12-8-11-22(17-24)25-27-28-26(30(25)18-20-9-6-5-7-10-20)36-19-21-13-15-23(16-14-21)31(32)33/h5-17H,3-4,18-19H2,1-2H3. The highest BCUT2D eigenvalue weighted by Gasteiger charge is 2.23. The summed E-state index contributed by atoms with van der Waals surface area (Å²) in [5.41, 5.74) is 2.66. The molecule has 4 rings (SSSR count). The minimum Gasteiger partial charge on any atom is -0.298 e. The molecule has 9 nitrogen and oxygen atoms in total. The van der Waals surface area contributed by atoms with Crippen LogP contribution in [0.1, 0.15) is 25.0 Å². The van der Waals surface area contributed by atoms with Gasteiger partial charge in [-0.05, 0) is 23.3 Å². The minimum absolute atomic E-state index is 0.0443. The van der Waals surface area contributed by atoms with Gasteiger partial charge in [0, 0.05) is 36.5 Å². The Kier molecular flexibility index (Phi) is 8.37. The molecule has 11 heteroatoms. The third-order valence-electron chi connectivity index (χ3n) is 5.85. The molecule has 0 N–H and O–H groups in total. The van der Waals surface area contributed by atoms with Gasteiger partial charge in [-0.15, -0.1) is 10.2 Å². The van der Waals surface area contributed by atoms with Crippen LogP contribution in [-0.4, -0.2) is 45.5 Å². The molecular weight excluding hydrogens is 510 g/mol. The molecule has 1 heterocycles. The van der Waals surface area contributed by atoms with Crippen molar-refractivity contribution in [3.8, 4) is 11.4 Å². The molecule has 0 aliphatic heterocycles. The van der Waals surface area contributed by atoms with Gasteiger partial charge in [0.1, 0.15) is 0 Å². The number of benzene rings is 3. The first kappa shape index (κ1) is 26.5. The molecule has 3 aromatic carbocycles. The molecule has 0 saturated carbocycles. The van der Waals surface area contributed by atoms with E-state index < -0.39 is 14.9 Å². The molecule has 0 aliphatic rings. The largest absolute Gasteiger partial charge is 0.298 e. The lowest BCUT2D eigenvalue weighted by atomic mass is 10.2. The van der Waals surface area contributed by atoms with E-state index in [9.17, 15) is 18.5 Å². The van der Waals surface area contributed by atoms with Crippen molar-refractivity contribution in [3.63, 3.8) is 0 Å². The molecule has 0 atom stereocenters. The van der Waals surface area contributed by atoms with Crippen molar-refractivity contribution in [1.82, 2.24) is 19.1 Å². The monoisotopic (exact) mass is 537 g/mol. The van der Waals surface area contributed by atoms with Crippen molar-refractivity contribution in [1.29, 1.82) is 0 Å². The first-order valence-corrected chi connectivity index (χ1v) is 14.2. The second kappa shape index (κ2) is 11.7. The Hall–Kier alpha value is -3.54. The number of sulfonamides is 1. The van der Waals surface area contributed by atoms with Crippen LogP contribution in [0, 0.1) is 10.1 Å². The summed E-state index contributed by atoms with van der Waals surface area (Å²) < 4.78 is 29.6. The van der Waals surface area contributed by atoms with Gasteiger partial charge in [-0.1, -0.05) is 80.2 Å². The quantitative estimate of drug-likeness (QED) is 0.146. The van der Waals surface area contributed by atoms with E-state index >= 15 is 0 Å². The van der Waals surface area contributed by atoms with Gasteiger partial charge in [0.2, 0.25) is 10.0 Å². The summed E-state index contributed by atoms with van der Waals surface area (Å²) in [5.74, 6) is 1.10. The molecule has 1 aromatic heterocycles. The van der Waals surface area contributed by atoms with E-state index in [0.717, 1.165) is 11.1 Å². The molecule has 0 radical (unpaired) electrons. The van der Waals surface area contributed by atoms with E-state index in [-0.39, 0.29) is 10.6 Å². The average Bonchev–Trinajstić information content (AvgIpc) is 3.31. The van der Waals surface area contributed by atoms with Crippen molar-refractivity contribution >= 4 is 27.5 Å². The molecule has 0 saturated heterocycles. The predicted molar refractivity (Wildman–Crippen MR) is 144 cm³/mol. The maximum absolute atomic E-state index is 13.1. The van der Waals surface area contributed by atoms with E-state index in [1.54, 1.807) is 30.3 Å². The van der Waals surface area contributed by atoms with Gasteiger partial charge in [-0.25, -0.2) is 8.42 Å². The molecular formula is C26H27N5O4S2. The molecule has 4 aromatic rings. The Morgan fingerprint density at radius 3 is 2.27 bits per heavy atom. The zero-order chi connectivity index (χ0) is 26.4. The second-order valence-corrected chi connectivity index (χ2v) is 11.1. The number of hydrogen-bond acceptors (Lipinski definition) is 7. The number of hydrogen-bond donors (Lipinski definition) is 0. The molecule has 0 fully saturated rings. The number of nitrogens with zero attached hydrogens (tertiary/aromatic N) is 5. The number of nitro groups is 1. The maximum atomic E-state index is 13.1. The highest BCUT2D eigenvalue weighted by Crippen LogP contribution is 2.29. The van der Waals surface area contributed by atoms with Crippen LogP contribution in [0.4, 0.5) is 5.69 Å². The zero-order valence-corrected chi connectivity index (χ0v) is 22.2. The van der Waals surface area contributed by atoms with Crippen LogP contribution in [0.15, 0.2) is 88.9 Å². The molecule has 37 heavy (non-hydrogen) atoms. The SMILES string of the molecule is CCN(CC)S(=O)(=O)c1cccc(-c2nnc(SCc3ccc([N+](=O)[O-])cc3)n2Cc2ccccc2)c1. The van der Waals surface area contributed by atoms with E-state index in [1.165, 1.54) is 28.2 Å². The summed E-state index contributed by atoms with van der Waals surface area (Å²) in [7, 11) is -3.63. The lowest BCUT2D eigenvalue weighted by molar-refractivity contribution is -0.384. The van der Waals surface area contributed by atoms with Crippen LogP contribution in [-0.2, 0) is 22.3 Å². The Balaban J connectivity index is 1.69. The fourth-order valence-electron chi connectivity index (χ4n) is 3.89. The Bertz CT molecular complexity index is 1470. The van der Waals surface area contributed by atoms with Crippen molar-refractivity contribution in [2.24, 2.45) is 0 Å². The molecule has 0 aliphatic carbocycles. The average molecular weight is 538 g/mol. The van der Waals surface area contributed by atoms with Crippen LogP contribution < -0.4 is 0 Å². The van der Waals surface area contributed by atoms with Crippen LogP contribution in [0.2, 0.25) is 0 Å². The van der Waals surface area contributed by atoms with Gasteiger partial charge in [-0.3, -0.25) is 14.7 Å². The summed E-state index contributed by atoms with van der Waals surface area (Å²) >= 11 is 1.46. The zero-order valence-electron chi connectivity index (χ0n) is 20.5. The predicted octanol–water partition coefficient (Wildman–Crippen LogP) is 5.22. The summed E-state index contributed by atoms with van der Waals surface area (Å²) in [6, 6.07) is 23.1. The summed E-state index contributed by atoms with van der Waals surface area (Å²) in [5, 5.41) is 20.5. The van der Waals surface area contributed by atoms with Crippen molar-refractivity contribution in [2.45, 2.75) is 36.2 Å². The fourth-order valence-corrected chi connectivity index (χ4v) is 6.29. The van der Waals surface area contributed by atoms with E-state index in [2.05, 4.69) is 10.2 Å². The third-order valence-corrected chi connectivity index (χ3v) is 8.93. The second-order valence-electron chi connectivity index (χ2n) is 8.21. The van der Waals surface area contributed by atoms with Gasteiger partial charge in [0.25, 0.3) is 5.69 Å². The molecule has 0 unspecified atom stereocenters. The topological polar surface area (TPSA) is 111 Å². The van der Waals surface area contributed by atoms with Gasteiger partial charge in [0.05, 0.1) is 16.4 Å². The van der Waals surface area contributed by atoms with Gasteiger partial charge in [-0.2, -0.15) is 4.31 Å². The minimum atomic E-state index is -3.63. The van der Waals surface area contributed by atoms with Gasteiger partial charge < -0.3 is 0 Å². The number of thioether (sulfide) groups is 1. The number of rotatable bonds is 11. The maximum Gasteiger partial charge on any atom is 0.269 e. The van der Waals surface area contributed by atoms with Crippen LogP contribution in [0.25, 0.3) is 11.4 Å². The number of non-ortho nitro benzene ring substituents is 1. The lowest BCUT2D eigenvalue weighted by Gasteiger charge is -2.19. The van der Waals surface area contributed by atoms with Crippen LogP contribution in [0.5, 0.6) is 0 Å². The molecule has 0 amide bonds. The number of nitro benzene ring substituents is 1. The number of aromatic nitrogens is 3. The van der Waals surface area contributed by atoms with E-state index in [0.29, 0.717) is 41.9 Å². The van der Waals surface area contributed by atoms with Gasteiger partial charge in [0.15, 0.2) is 11.0 Å². The Morgan fingerprint density at radius 1 is 0.919 bits per heavy atom. The van der Waals surface area contributed by atoms with E-state index in [4.69, 9.17) is 0 Å². The van der Waals surface area contributed by atoms with Gasteiger partial charge >= 0.3 is 0 Å². The van der Waals surface area contributed by atoms with Crippen molar-refractivity contribution in [2.75, 3.05) is 13.1 Å². The highest BCUT2D eigenvalue weighted by atomic mass is 32.2. The van der Waals surface area contributed by atoms with Crippen molar-refractivity contribution in [3.05, 3.63) is 100 Å². The van der Waals surface area contributed by atoms with E-state index in [1.807, 2.05) is 54.8 Å². The third kappa shape index (κ3) is 6.07. The van der Waals surface area contributed by atoms with Crippen molar-refractivity contribution < 1.29 is 13.3 Å². The molecule has 0 bridgehead atoms. The first-order valence-electron chi connectivity index (χ1n) is 11.8. The fraction of sp³-hybridized carbons (Fsp3) is 0.231. The summed E-state index contributed by atoms with van der Waals surface area (Å²) in [6.07, 6.45) is 0. The van der Waals surface area contributed by atoms with Crippen LogP contribution >= 0.6 is 11.8 Å². The summed E-state index contributed by atoms with van der Waals surface area (Å²) in [4.78, 5) is 10.7. The smallest absolute Gasteiger partial charge is 0.269 e. The first-order chi connectivity index (χ1) is 17.8. The Morgan fingerprint density at radius 2 is 1.62 bits per heavy atom. The highest BCUT2D eigenvalue weighted by molar-refractivity contribution is 7.98.